The molecule has 24 heavy (non-hydrogen) atoms. The molecule has 3 rings (SSSR count). The molecule has 6 heteroatoms. The van der Waals surface area contributed by atoms with E-state index in [1.165, 1.54) is 0 Å². The van der Waals surface area contributed by atoms with Crippen molar-refractivity contribution in [2.75, 3.05) is 41.8 Å². The molecule has 1 fully saturated rings. The summed E-state index contributed by atoms with van der Waals surface area (Å²) < 4.78 is 5.43. The van der Waals surface area contributed by atoms with Crippen molar-refractivity contribution < 1.29 is 9.53 Å². The fourth-order valence-electron chi connectivity index (χ4n) is 2.59. The Hall–Kier alpha value is -2.60. The lowest BCUT2D eigenvalue weighted by atomic mass is 10.2. The summed E-state index contributed by atoms with van der Waals surface area (Å²) in [6.45, 7) is 5.09. The van der Waals surface area contributed by atoms with Crippen LogP contribution in [0, 0.1) is 0 Å². The first kappa shape index (κ1) is 16.3. The van der Waals surface area contributed by atoms with E-state index in [0.29, 0.717) is 12.2 Å². The molecule has 1 aliphatic heterocycles. The van der Waals surface area contributed by atoms with Crippen LogP contribution in [0.25, 0.3) is 0 Å². The molecule has 0 bridgehead atoms. The van der Waals surface area contributed by atoms with Crippen molar-refractivity contribution in [3.63, 3.8) is 0 Å². The zero-order chi connectivity index (χ0) is 16.8. The van der Waals surface area contributed by atoms with Gasteiger partial charge in [-0.1, -0.05) is 19.1 Å². The van der Waals surface area contributed by atoms with Crippen molar-refractivity contribution in [2.24, 2.45) is 0 Å². The lowest BCUT2D eigenvalue weighted by Gasteiger charge is -2.30. The number of rotatable bonds is 5. The average Bonchev–Trinajstić information content (AvgIpc) is 2.64. The topological polar surface area (TPSA) is 66.5 Å². The number of nitrogens with one attached hydrogen (secondary N) is 2. The molecule has 1 saturated heterocycles. The van der Waals surface area contributed by atoms with E-state index in [-0.39, 0.29) is 5.91 Å². The summed E-state index contributed by atoms with van der Waals surface area (Å²) in [5.74, 6) is 0.523. The van der Waals surface area contributed by atoms with E-state index in [2.05, 4.69) is 32.7 Å². The first-order valence-electron chi connectivity index (χ1n) is 8.21. The maximum atomic E-state index is 11.4. The van der Waals surface area contributed by atoms with Crippen LogP contribution in [0.2, 0.25) is 0 Å². The number of carbonyl (C=O) groups is 1. The Morgan fingerprint density at radius 3 is 2.71 bits per heavy atom. The second-order valence-corrected chi connectivity index (χ2v) is 5.58. The number of pyridine rings is 1. The predicted molar refractivity (Wildman–Crippen MR) is 95.9 cm³/mol. The van der Waals surface area contributed by atoms with Crippen LogP contribution in [0.15, 0.2) is 42.6 Å². The number of benzene rings is 1. The minimum absolute atomic E-state index is 0.0409. The SMILES string of the molecule is CCC(=O)Nc1ccc(Nc2ccccc2N2CCOCC2)cn1. The average molecular weight is 326 g/mol. The quantitative estimate of drug-likeness (QED) is 0.884. The van der Waals surface area contributed by atoms with Gasteiger partial charge in [0.1, 0.15) is 5.82 Å². The molecule has 2 aromatic rings. The van der Waals surface area contributed by atoms with Crippen molar-refractivity contribution in [1.29, 1.82) is 0 Å². The van der Waals surface area contributed by atoms with Crippen molar-refractivity contribution >= 4 is 28.8 Å². The molecule has 1 amide bonds. The number of hydrogen-bond donors (Lipinski definition) is 2. The fraction of sp³-hybridized carbons (Fsp3) is 0.333. The number of para-hydroxylation sites is 2. The largest absolute Gasteiger partial charge is 0.378 e. The summed E-state index contributed by atoms with van der Waals surface area (Å²) in [7, 11) is 0. The van der Waals surface area contributed by atoms with Gasteiger partial charge in [0, 0.05) is 19.5 Å². The van der Waals surface area contributed by atoms with Crippen LogP contribution in [0.4, 0.5) is 22.9 Å². The highest BCUT2D eigenvalue weighted by Crippen LogP contribution is 2.29. The Kier molecular flexibility index (Phi) is 5.28. The number of amides is 1. The summed E-state index contributed by atoms with van der Waals surface area (Å²) in [4.78, 5) is 18.0. The Balaban J connectivity index is 1.72. The minimum Gasteiger partial charge on any atom is -0.378 e. The first-order chi connectivity index (χ1) is 11.8. The first-order valence-corrected chi connectivity index (χ1v) is 8.21. The highest BCUT2D eigenvalue weighted by atomic mass is 16.5. The van der Waals surface area contributed by atoms with Crippen LogP contribution < -0.4 is 15.5 Å². The number of carbonyl (C=O) groups excluding carboxylic acids is 1. The molecule has 1 aliphatic rings. The standard InChI is InChI=1S/C18H22N4O2/c1-2-18(23)21-17-8-7-14(13-19-17)20-15-5-3-4-6-16(15)22-9-11-24-12-10-22/h3-8,13,20H,2,9-12H2,1H3,(H,19,21,23). The number of aromatic nitrogens is 1. The third-order valence-electron chi connectivity index (χ3n) is 3.89. The van der Waals surface area contributed by atoms with Crippen molar-refractivity contribution in [3.05, 3.63) is 42.6 Å². The summed E-state index contributed by atoms with van der Waals surface area (Å²) in [5, 5.41) is 6.15. The number of ether oxygens (including phenoxy) is 1. The van der Waals surface area contributed by atoms with Gasteiger partial charge in [0.05, 0.1) is 36.5 Å². The fourth-order valence-corrected chi connectivity index (χ4v) is 2.59. The smallest absolute Gasteiger partial charge is 0.225 e. The Morgan fingerprint density at radius 2 is 2.00 bits per heavy atom. The van der Waals surface area contributed by atoms with Crippen LogP contribution in [0.3, 0.4) is 0 Å². The summed E-state index contributed by atoms with van der Waals surface area (Å²) in [6, 6.07) is 11.9. The van der Waals surface area contributed by atoms with E-state index in [4.69, 9.17) is 4.74 Å². The minimum atomic E-state index is -0.0409. The van der Waals surface area contributed by atoms with Crippen LogP contribution in [0.1, 0.15) is 13.3 Å². The third kappa shape index (κ3) is 4.02. The Labute approximate surface area is 141 Å². The van der Waals surface area contributed by atoms with Crippen LogP contribution in [0.5, 0.6) is 0 Å². The Bertz CT molecular complexity index is 682. The van der Waals surface area contributed by atoms with E-state index in [1.54, 1.807) is 12.3 Å². The lowest BCUT2D eigenvalue weighted by molar-refractivity contribution is -0.115. The van der Waals surface area contributed by atoms with Crippen molar-refractivity contribution in [3.8, 4) is 0 Å². The molecule has 0 unspecified atom stereocenters. The lowest BCUT2D eigenvalue weighted by Crippen LogP contribution is -2.36. The van der Waals surface area contributed by atoms with Crippen molar-refractivity contribution in [2.45, 2.75) is 13.3 Å². The van der Waals surface area contributed by atoms with Gasteiger partial charge in [-0.15, -0.1) is 0 Å². The van der Waals surface area contributed by atoms with Gasteiger partial charge in [-0.05, 0) is 24.3 Å². The molecule has 126 valence electrons. The molecule has 0 saturated carbocycles. The van der Waals surface area contributed by atoms with Crippen LogP contribution >= 0.6 is 0 Å². The zero-order valence-electron chi connectivity index (χ0n) is 13.8. The monoisotopic (exact) mass is 326 g/mol. The number of hydrogen-bond acceptors (Lipinski definition) is 5. The predicted octanol–water partition coefficient (Wildman–Crippen LogP) is 3.01. The van der Waals surface area contributed by atoms with E-state index in [9.17, 15) is 4.79 Å². The normalized spacial score (nSPS) is 14.3. The molecule has 0 spiro atoms. The van der Waals surface area contributed by atoms with Crippen molar-refractivity contribution in [1.82, 2.24) is 4.98 Å². The van der Waals surface area contributed by atoms with Gasteiger partial charge in [-0.2, -0.15) is 0 Å². The van der Waals surface area contributed by atoms with E-state index in [0.717, 1.165) is 43.4 Å². The summed E-state index contributed by atoms with van der Waals surface area (Å²) in [6.07, 6.45) is 2.16. The molecule has 2 heterocycles. The molecule has 0 aliphatic carbocycles. The van der Waals surface area contributed by atoms with E-state index < -0.39 is 0 Å². The highest BCUT2D eigenvalue weighted by molar-refractivity contribution is 5.89. The molecule has 1 aromatic heterocycles. The molecule has 1 aromatic carbocycles. The van der Waals surface area contributed by atoms with E-state index in [1.807, 2.05) is 25.1 Å². The zero-order valence-corrected chi connectivity index (χ0v) is 13.8. The van der Waals surface area contributed by atoms with Gasteiger partial charge >= 0.3 is 0 Å². The van der Waals surface area contributed by atoms with Gasteiger partial charge < -0.3 is 20.3 Å². The van der Waals surface area contributed by atoms with Crippen LogP contribution in [-0.4, -0.2) is 37.2 Å². The van der Waals surface area contributed by atoms with Gasteiger partial charge in [0.2, 0.25) is 5.91 Å². The Morgan fingerprint density at radius 1 is 1.21 bits per heavy atom. The summed E-state index contributed by atoms with van der Waals surface area (Å²) >= 11 is 0. The third-order valence-corrected chi connectivity index (χ3v) is 3.89. The maximum Gasteiger partial charge on any atom is 0.225 e. The molecule has 6 nitrogen and oxygen atoms in total. The molecule has 2 N–H and O–H groups in total. The highest BCUT2D eigenvalue weighted by Gasteiger charge is 2.14. The van der Waals surface area contributed by atoms with Gasteiger partial charge in [0.15, 0.2) is 0 Å². The number of anilines is 4. The van der Waals surface area contributed by atoms with Crippen LogP contribution in [-0.2, 0) is 9.53 Å². The molecule has 0 atom stereocenters. The number of morpholine rings is 1. The second kappa shape index (κ2) is 7.79. The second-order valence-electron chi connectivity index (χ2n) is 5.58. The van der Waals surface area contributed by atoms with E-state index >= 15 is 0 Å². The molecule has 0 radical (unpaired) electrons. The molecular formula is C18H22N4O2. The maximum absolute atomic E-state index is 11.4. The van der Waals surface area contributed by atoms with Gasteiger partial charge in [-0.3, -0.25) is 4.79 Å². The summed E-state index contributed by atoms with van der Waals surface area (Å²) in [5.41, 5.74) is 3.07. The van der Waals surface area contributed by atoms with Gasteiger partial charge in [-0.25, -0.2) is 4.98 Å². The molecular weight excluding hydrogens is 304 g/mol. The number of nitrogens with zero attached hydrogens (tertiary/aromatic N) is 2. The van der Waals surface area contributed by atoms with Gasteiger partial charge in [0.25, 0.3) is 0 Å².